The van der Waals surface area contributed by atoms with Crippen LogP contribution in [0.4, 0.5) is 0 Å². The van der Waals surface area contributed by atoms with Crippen LogP contribution in [0.5, 0.6) is 0 Å². The van der Waals surface area contributed by atoms with E-state index in [4.69, 9.17) is 0 Å². The molecule has 0 N–H and O–H groups in total. The molecule has 0 bridgehead atoms. The van der Waals surface area contributed by atoms with Crippen LogP contribution in [0, 0.1) is 34.0 Å². The molecule has 0 heterocycles. The van der Waals surface area contributed by atoms with Crippen molar-refractivity contribution >= 4 is 0 Å². The summed E-state index contributed by atoms with van der Waals surface area (Å²) in [5.41, 5.74) is 3.14. The van der Waals surface area contributed by atoms with Crippen LogP contribution in [0.3, 0.4) is 0 Å². The Hall–Kier alpha value is -0.260. The van der Waals surface area contributed by atoms with Gasteiger partial charge in [0.1, 0.15) is 0 Å². The molecule has 4 unspecified atom stereocenters. The molecular weight excluding hydrogens is 216 g/mol. The van der Waals surface area contributed by atoms with Crippen molar-refractivity contribution < 1.29 is 0 Å². The van der Waals surface area contributed by atoms with Crippen LogP contribution in [-0.2, 0) is 0 Å². The lowest BCUT2D eigenvalue weighted by molar-refractivity contribution is 0.110. The normalized spacial score (nSPS) is 44.1. The molecule has 2 aliphatic carbocycles. The summed E-state index contributed by atoms with van der Waals surface area (Å²) in [7, 11) is 0. The van der Waals surface area contributed by atoms with Gasteiger partial charge in [-0.3, -0.25) is 0 Å². The Morgan fingerprint density at radius 2 is 1.61 bits per heavy atom. The van der Waals surface area contributed by atoms with Gasteiger partial charge in [0.05, 0.1) is 0 Å². The molecule has 2 rings (SSSR count). The maximum absolute atomic E-state index is 2.54. The van der Waals surface area contributed by atoms with Crippen molar-refractivity contribution in [2.24, 2.45) is 34.0 Å². The minimum atomic E-state index is 0.406. The molecule has 0 heteroatoms. The van der Waals surface area contributed by atoms with Crippen molar-refractivity contribution in [3.63, 3.8) is 0 Å². The monoisotopic (exact) mass is 248 g/mol. The Bertz CT molecular complexity index is 373. The van der Waals surface area contributed by atoms with E-state index in [0.717, 1.165) is 17.8 Å². The Morgan fingerprint density at radius 3 is 1.94 bits per heavy atom. The van der Waals surface area contributed by atoms with Gasteiger partial charge in [0, 0.05) is 0 Å². The zero-order valence-corrected chi connectivity index (χ0v) is 13.7. The molecule has 4 atom stereocenters. The number of allylic oxidation sites excluding steroid dienone is 2. The van der Waals surface area contributed by atoms with Crippen LogP contribution < -0.4 is 0 Å². The second-order valence-electron chi connectivity index (χ2n) is 8.41. The van der Waals surface area contributed by atoms with E-state index in [0.29, 0.717) is 16.2 Å². The zero-order valence-electron chi connectivity index (χ0n) is 13.7. The fraction of sp³-hybridized carbons (Fsp3) is 0.889. The predicted octanol–water partition coefficient (Wildman–Crippen LogP) is 5.69. The SMILES string of the molecule is CC1=CCC(C(C)C2(C)CC2(C)C(C)C)C1(C)C. The second-order valence-corrected chi connectivity index (χ2v) is 8.41. The summed E-state index contributed by atoms with van der Waals surface area (Å²) in [6.45, 7) is 19.6. The van der Waals surface area contributed by atoms with E-state index >= 15 is 0 Å². The molecule has 0 aliphatic heterocycles. The van der Waals surface area contributed by atoms with E-state index in [9.17, 15) is 0 Å². The second kappa shape index (κ2) is 3.87. The van der Waals surface area contributed by atoms with Gasteiger partial charge in [0.15, 0.2) is 0 Å². The van der Waals surface area contributed by atoms with Gasteiger partial charge in [0.2, 0.25) is 0 Å². The van der Waals surface area contributed by atoms with Gasteiger partial charge in [-0.15, -0.1) is 0 Å². The van der Waals surface area contributed by atoms with Crippen molar-refractivity contribution in [2.75, 3.05) is 0 Å². The summed E-state index contributed by atoms with van der Waals surface area (Å²) in [4.78, 5) is 0. The molecule has 0 amide bonds. The van der Waals surface area contributed by atoms with Crippen LogP contribution >= 0.6 is 0 Å². The summed E-state index contributed by atoms with van der Waals surface area (Å²) in [5.74, 6) is 2.47. The molecule has 0 spiro atoms. The maximum atomic E-state index is 2.54. The van der Waals surface area contributed by atoms with Crippen LogP contribution in [0.15, 0.2) is 11.6 Å². The van der Waals surface area contributed by atoms with Crippen LogP contribution in [0.1, 0.15) is 68.2 Å². The highest BCUT2D eigenvalue weighted by Crippen LogP contribution is 2.73. The first-order valence-electron chi connectivity index (χ1n) is 7.74. The molecule has 2 aliphatic rings. The average molecular weight is 248 g/mol. The fourth-order valence-corrected chi connectivity index (χ4v) is 4.69. The van der Waals surface area contributed by atoms with E-state index in [2.05, 4.69) is 61.5 Å². The third-order valence-corrected chi connectivity index (χ3v) is 7.42. The number of rotatable bonds is 3. The van der Waals surface area contributed by atoms with Crippen LogP contribution in [0.25, 0.3) is 0 Å². The summed E-state index contributed by atoms with van der Waals surface area (Å²) in [6.07, 6.45) is 5.20. The topological polar surface area (TPSA) is 0 Å². The van der Waals surface area contributed by atoms with E-state index in [-0.39, 0.29) is 0 Å². The molecule has 0 aromatic carbocycles. The minimum Gasteiger partial charge on any atom is -0.0847 e. The van der Waals surface area contributed by atoms with Crippen LogP contribution in [-0.4, -0.2) is 0 Å². The van der Waals surface area contributed by atoms with Crippen molar-refractivity contribution in [1.82, 2.24) is 0 Å². The largest absolute Gasteiger partial charge is 0.0847 e. The fourth-order valence-electron chi connectivity index (χ4n) is 4.69. The maximum Gasteiger partial charge on any atom is -0.0114 e. The standard InChI is InChI=1S/C18H32/c1-12(2)17(7)11-18(17,8)14(4)15-10-9-13(3)16(15,5)6/h9,12,14-15H,10-11H2,1-8H3. The Balaban J connectivity index is 2.19. The first-order valence-corrected chi connectivity index (χ1v) is 7.74. The van der Waals surface area contributed by atoms with E-state index in [1.54, 1.807) is 5.57 Å². The van der Waals surface area contributed by atoms with Crippen molar-refractivity contribution in [3.8, 4) is 0 Å². The molecule has 0 nitrogen and oxygen atoms in total. The summed E-state index contributed by atoms with van der Waals surface area (Å²) in [5, 5.41) is 0. The highest BCUT2D eigenvalue weighted by Gasteiger charge is 2.66. The van der Waals surface area contributed by atoms with E-state index in [1.165, 1.54) is 12.8 Å². The third-order valence-electron chi connectivity index (χ3n) is 7.42. The third kappa shape index (κ3) is 1.63. The average Bonchev–Trinajstić information content (AvgIpc) is 2.73. The molecule has 1 fully saturated rings. The van der Waals surface area contributed by atoms with Crippen LogP contribution in [0.2, 0.25) is 0 Å². The Labute approximate surface area is 114 Å². The lowest BCUT2D eigenvalue weighted by atomic mass is 9.65. The van der Waals surface area contributed by atoms with Gasteiger partial charge in [-0.1, -0.05) is 60.1 Å². The quantitative estimate of drug-likeness (QED) is 0.563. The first kappa shape index (κ1) is 14.2. The van der Waals surface area contributed by atoms with Crippen molar-refractivity contribution in [3.05, 3.63) is 11.6 Å². The van der Waals surface area contributed by atoms with Gasteiger partial charge >= 0.3 is 0 Å². The van der Waals surface area contributed by atoms with Crippen molar-refractivity contribution in [1.29, 1.82) is 0 Å². The number of hydrogen-bond acceptors (Lipinski definition) is 0. The molecule has 0 radical (unpaired) electrons. The molecular formula is C18H32. The highest BCUT2D eigenvalue weighted by atomic mass is 14.7. The zero-order chi connectivity index (χ0) is 13.9. The van der Waals surface area contributed by atoms with Gasteiger partial charge in [-0.05, 0) is 53.8 Å². The highest BCUT2D eigenvalue weighted by molar-refractivity contribution is 5.22. The minimum absolute atomic E-state index is 0.406. The summed E-state index contributed by atoms with van der Waals surface area (Å²) < 4.78 is 0. The molecule has 104 valence electrons. The van der Waals surface area contributed by atoms with E-state index < -0.39 is 0 Å². The van der Waals surface area contributed by atoms with Gasteiger partial charge in [-0.2, -0.15) is 0 Å². The molecule has 18 heavy (non-hydrogen) atoms. The Morgan fingerprint density at radius 1 is 1.06 bits per heavy atom. The van der Waals surface area contributed by atoms with E-state index in [1.807, 2.05) is 0 Å². The summed E-state index contributed by atoms with van der Waals surface area (Å²) in [6, 6.07) is 0. The van der Waals surface area contributed by atoms with Gasteiger partial charge < -0.3 is 0 Å². The lowest BCUT2D eigenvalue weighted by Crippen LogP contribution is -2.33. The van der Waals surface area contributed by atoms with Crippen molar-refractivity contribution in [2.45, 2.75) is 68.2 Å². The lowest BCUT2D eigenvalue weighted by Gasteiger charge is -2.40. The first-order chi connectivity index (χ1) is 8.07. The summed E-state index contributed by atoms with van der Waals surface area (Å²) >= 11 is 0. The number of hydrogen-bond donors (Lipinski definition) is 0. The Kier molecular flexibility index (Phi) is 3.04. The van der Waals surface area contributed by atoms with Gasteiger partial charge in [0.25, 0.3) is 0 Å². The van der Waals surface area contributed by atoms with Gasteiger partial charge in [-0.25, -0.2) is 0 Å². The predicted molar refractivity (Wildman–Crippen MR) is 80.5 cm³/mol. The molecule has 0 aromatic rings. The molecule has 0 aromatic heterocycles. The smallest absolute Gasteiger partial charge is 0.0114 e. The molecule has 1 saturated carbocycles. The molecule has 0 saturated heterocycles.